The van der Waals surface area contributed by atoms with Gasteiger partial charge in [0.25, 0.3) is 0 Å². The molecule has 1 aliphatic heterocycles. The number of nitrogens with zero attached hydrogens (tertiary/aromatic N) is 4. The van der Waals surface area contributed by atoms with Crippen molar-refractivity contribution < 1.29 is 0 Å². The van der Waals surface area contributed by atoms with Gasteiger partial charge in [-0.2, -0.15) is 5.10 Å². The Bertz CT molecular complexity index is 1610. The Morgan fingerprint density at radius 3 is 2.78 bits per heavy atom. The second-order valence-electron chi connectivity index (χ2n) is 10.1. The Morgan fingerprint density at radius 1 is 0.973 bits per heavy atom. The van der Waals surface area contributed by atoms with E-state index in [9.17, 15) is 0 Å². The van der Waals surface area contributed by atoms with Crippen molar-refractivity contribution in [3.05, 3.63) is 65.6 Å². The molecule has 37 heavy (non-hydrogen) atoms. The maximum atomic E-state index is 4.98. The number of imidazole rings is 1. The third-order valence-electron chi connectivity index (χ3n) is 7.61. The summed E-state index contributed by atoms with van der Waals surface area (Å²) in [6.07, 6.45) is 14.2. The van der Waals surface area contributed by atoms with Gasteiger partial charge >= 0.3 is 0 Å². The van der Waals surface area contributed by atoms with E-state index >= 15 is 0 Å². The van der Waals surface area contributed by atoms with Gasteiger partial charge in [-0.05, 0) is 72.0 Å². The topological polar surface area (TPSA) is 95.2 Å². The Kier molecular flexibility index (Phi) is 5.98. The number of aromatic nitrogens is 6. The molecule has 0 saturated heterocycles. The van der Waals surface area contributed by atoms with Crippen LogP contribution in [0.4, 0.5) is 0 Å². The van der Waals surface area contributed by atoms with Crippen LogP contribution in [0, 0.1) is 5.92 Å². The molecule has 186 valence electrons. The van der Waals surface area contributed by atoms with Crippen molar-refractivity contribution in [2.24, 2.45) is 5.92 Å². The Balaban J connectivity index is 1.19. The molecular weight excluding hydrogens is 478 g/mol. The number of hydrogen-bond acceptors (Lipinski definition) is 6. The molecule has 0 amide bonds. The molecule has 7 nitrogen and oxygen atoms in total. The highest BCUT2D eigenvalue weighted by Gasteiger charge is 2.18. The molecule has 0 unspecified atom stereocenters. The van der Waals surface area contributed by atoms with Gasteiger partial charge < -0.3 is 10.3 Å². The molecule has 8 heteroatoms. The summed E-state index contributed by atoms with van der Waals surface area (Å²) in [6.45, 7) is 1.94. The van der Waals surface area contributed by atoms with E-state index in [-0.39, 0.29) is 0 Å². The smallest absolute Gasteiger partial charge is 0.159 e. The van der Waals surface area contributed by atoms with E-state index in [0.29, 0.717) is 0 Å². The molecule has 1 fully saturated rings. The first-order chi connectivity index (χ1) is 18.3. The molecule has 3 N–H and O–H groups in total. The average molecular weight is 508 g/mol. The summed E-state index contributed by atoms with van der Waals surface area (Å²) in [5.41, 5.74) is 9.52. The van der Waals surface area contributed by atoms with Gasteiger partial charge in [-0.3, -0.25) is 15.1 Å². The zero-order valence-electron chi connectivity index (χ0n) is 20.6. The SMILES string of the molecule is C1=C(c2cncc3[nH]c(-c4n[nH]c5ccc(-c6cncc(CNCC7CCCC7)c6)cc45)nc23)CCS1. The molecule has 4 aromatic heterocycles. The molecule has 1 aliphatic carbocycles. The van der Waals surface area contributed by atoms with E-state index in [1.807, 2.05) is 36.5 Å². The third kappa shape index (κ3) is 4.45. The molecule has 7 rings (SSSR count). The van der Waals surface area contributed by atoms with Crippen molar-refractivity contribution in [2.75, 3.05) is 12.3 Å². The van der Waals surface area contributed by atoms with E-state index in [4.69, 9.17) is 4.98 Å². The van der Waals surface area contributed by atoms with E-state index < -0.39 is 0 Å². The van der Waals surface area contributed by atoms with Gasteiger partial charge in [0.2, 0.25) is 0 Å². The Morgan fingerprint density at radius 2 is 1.89 bits per heavy atom. The minimum atomic E-state index is 0.752. The Labute approximate surface area is 219 Å². The number of allylic oxidation sites excluding steroid dienone is 1. The summed E-state index contributed by atoms with van der Waals surface area (Å²) < 4.78 is 0. The van der Waals surface area contributed by atoms with E-state index in [0.717, 1.165) is 81.3 Å². The average Bonchev–Trinajstić information content (AvgIpc) is 3.74. The van der Waals surface area contributed by atoms with Gasteiger partial charge in [-0.25, -0.2) is 4.98 Å². The third-order valence-corrected chi connectivity index (χ3v) is 8.50. The van der Waals surface area contributed by atoms with Crippen LogP contribution in [-0.2, 0) is 6.54 Å². The summed E-state index contributed by atoms with van der Waals surface area (Å²) in [5, 5.41) is 14.7. The van der Waals surface area contributed by atoms with Crippen LogP contribution in [0.25, 0.3) is 50.2 Å². The quantitative estimate of drug-likeness (QED) is 0.239. The largest absolute Gasteiger partial charge is 0.335 e. The van der Waals surface area contributed by atoms with Crippen molar-refractivity contribution >= 4 is 39.3 Å². The van der Waals surface area contributed by atoms with Crippen LogP contribution in [0.2, 0.25) is 0 Å². The van der Waals surface area contributed by atoms with Gasteiger partial charge in [0, 0.05) is 47.4 Å². The lowest BCUT2D eigenvalue weighted by Crippen LogP contribution is -2.20. The van der Waals surface area contributed by atoms with Crippen LogP contribution in [-0.4, -0.2) is 42.4 Å². The number of benzene rings is 1. The highest BCUT2D eigenvalue weighted by molar-refractivity contribution is 8.02. The van der Waals surface area contributed by atoms with E-state index in [2.05, 4.69) is 60.1 Å². The molecule has 5 aromatic rings. The fourth-order valence-electron chi connectivity index (χ4n) is 5.62. The molecule has 5 heterocycles. The normalized spacial score (nSPS) is 16.3. The maximum absolute atomic E-state index is 4.98. The molecule has 0 atom stereocenters. The van der Waals surface area contributed by atoms with Gasteiger partial charge in [-0.15, -0.1) is 11.8 Å². The predicted molar refractivity (Wildman–Crippen MR) is 151 cm³/mol. The van der Waals surface area contributed by atoms with Crippen LogP contribution in [0.1, 0.15) is 43.2 Å². The van der Waals surface area contributed by atoms with Crippen molar-refractivity contribution in [3.63, 3.8) is 0 Å². The van der Waals surface area contributed by atoms with Crippen molar-refractivity contribution in [2.45, 2.75) is 38.6 Å². The van der Waals surface area contributed by atoms with Crippen LogP contribution in [0.3, 0.4) is 0 Å². The van der Waals surface area contributed by atoms with E-state index in [1.165, 1.54) is 36.8 Å². The highest BCUT2D eigenvalue weighted by atomic mass is 32.2. The van der Waals surface area contributed by atoms with E-state index in [1.54, 1.807) is 0 Å². The lowest BCUT2D eigenvalue weighted by atomic mass is 10.0. The van der Waals surface area contributed by atoms with Crippen LogP contribution in [0.5, 0.6) is 0 Å². The van der Waals surface area contributed by atoms with Gasteiger partial charge in [0.15, 0.2) is 5.82 Å². The monoisotopic (exact) mass is 507 g/mol. The molecule has 1 aromatic carbocycles. The molecule has 1 saturated carbocycles. The molecule has 2 aliphatic rings. The van der Waals surface area contributed by atoms with Crippen LogP contribution in [0.15, 0.2) is 54.5 Å². The number of aromatic amines is 2. The first-order valence-corrected chi connectivity index (χ1v) is 14.1. The van der Waals surface area contributed by atoms with Crippen molar-refractivity contribution in [3.8, 4) is 22.6 Å². The lowest BCUT2D eigenvalue weighted by molar-refractivity contribution is 0.489. The first-order valence-electron chi connectivity index (χ1n) is 13.1. The zero-order valence-corrected chi connectivity index (χ0v) is 21.4. The molecular formula is C29H29N7S. The lowest BCUT2D eigenvalue weighted by Gasteiger charge is -2.11. The maximum Gasteiger partial charge on any atom is 0.159 e. The number of thioether (sulfide) groups is 1. The number of H-pyrrole nitrogens is 2. The number of hydrogen-bond donors (Lipinski definition) is 3. The number of fused-ring (bicyclic) bond motifs is 2. The van der Waals surface area contributed by atoms with Gasteiger partial charge in [0.1, 0.15) is 5.69 Å². The highest BCUT2D eigenvalue weighted by Crippen LogP contribution is 2.35. The molecule has 0 spiro atoms. The summed E-state index contributed by atoms with van der Waals surface area (Å²) in [5.74, 6) is 2.70. The number of nitrogens with one attached hydrogen (secondary N) is 3. The van der Waals surface area contributed by atoms with Crippen molar-refractivity contribution in [1.82, 2.24) is 35.5 Å². The molecule has 0 bridgehead atoms. The second kappa shape index (κ2) is 9.76. The Hall–Kier alpha value is -3.49. The standard InChI is InChI=1S/C29H29N7S/c1-2-4-18(3-1)11-30-12-19-9-22(14-31-13-19)20-5-6-25-23(10-20)28(36-35-25)29-33-26-16-32-15-24(27(26)34-29)21-7-8-37-17-21/h5-6,9-10,13-18,30H,1-4,7-8,11-12H2,(H,33,34)(H,35,36). The minimum Gasteiger partial charge on any atom is -0.335 e. The molecule has 0 radical (unpaired) electrons. The van der Waals surface area contributed by atoms with Crippen molar-refractivity contribution in [1.29, 1.82) is 0 Å². The minimum absolute atomic E-state index is 0.752. The number of rotatable bonds is 7. The summed E-state index contributed by atoms with van der Waals surface area (Å²) in [6, 6.07) is 8.63. The fraction of sp³-hybridized carbons (Fsp3) is 0.310. The summed E-state index contributed by atoms with van der Waals surface area (Å²) >= 11 is 1.85. The van der Waals surface area contributed by atoms with Gasteiger partial charge in [0.05, 0.1) is 22.7 Å². The predicted octanol–water partition coefficient (Wildman–Crippen LogP) is 6.32. The fourth-order valence-corrected chi connectivity index (χ4v) is 6.52. The number of pyridine rings is 2. The second-order valence-corrected chi connectivity index (χ2v) is 11.1. The zero-order chi connectivity index (χ0) is 24.6. The summed E-state index contributed by atoms with van der Waals surface area (Å²) in [4.78, 5) is 17.4. The first kappa shape index (κ1) is 22.7. The van der Waals surface area contributed by atoms with Crippen LogP contribution < -0.4 is 5.32 Å². The van der Waals surface area contributed by atoms with Gasteiger partial charge in [-0.1, -0.05) is 18.9 Å². The summed E-state index contributed by atoms with van der Waals surface area (Å²) in [7, 11) is 0. The van der Waals surface area contributed by atoms with Crippen LogP contribution >= 0.6 is 11.8 Å².